The summed E-state index contributed by atoms with van der Waals surface area (Å²) in [5, 5.41) is 5.43. The average Bonchev–Trinajstić information content (AvgIpc) is 2.82. The highest BCUT2D eigenvalue weighted by Gasteiger charge is 2.19. The number of pyridine rings is 2. The first-order valence-electron chi connectivity index (χ1n) is 11.9. The lowest BCUT2D eigenvalue weighted by molar-refractivity contribution is 0.587. The monoisotopic (exact) mass is 446 g/mol. The summed E-state index contributed by atoms with van der Waals surface area (Å²) in [6, 6.07) is 29.7. The van der Waals surface area contributed by atoms with E-state index in [1.807, 2.05) is 30.5 Å². The molecule has 0 atom stereocenters. The van der Waals surface area contributed by atoms with Gasteiger partial charge in [-0.1, -0.05) is 102 Å². The summed E-state index contributed by atoms with van der Waals surface area (Å²) in [5.74, 6) is 0. The highest BCUT2D eigenvalue weighted by molar-refractivity contribution is 6.03. The molecule has 0 N–H and O–H groups in total. The second-order valence-electron chi connectivity index (χ2n) is 10.8. The van der Waals surface area contributed by atoms with Crippen molar-refractivity contribution in [3.63, 3.8) is 0 Å². The van der Waals surface area contributed by atoms with Crippen molar-refractivity contribution in [2.24, 2.45) is 0 Å². The molecule has 2 nitrogen and oxygen atoms in total. The second-order valence-corrected chi connectivity index (χ2v) is 10.8. The number of aromatic nitrogens is 2. The van der Waals surface area contributed by atoms with Gasteiger partial charge in [0.1, 0.15) is 0 Å². The van der Waals surface area contributed by atoms with Crippen LogP contribution >= 0.6 is 0 Å². The molecule has 0 unspecified atom stereocenters. The average molecular weight is 447 g/mol. The molecule has 3 aromatic carbocycles. The molecule has 0 aliphatic carbocycles. The van der Waals surface area contributed by atoms with Gasteiger partial charge in [-0.2, -0.15) is 0 Å². The van der Waals surface area contributed by atoms with Crippen LogP contribution in [0.1, 0.15) is 52.7 Å². The van der Waals surface area contributed by atoms with E-state index in [2.05, 4.69) is 112 Å². The van der Waals surface area contributed by atoms with Gasteiger partial charge in [0.05, 0.1) is 11.4 Å². The molecule has 0 radical (unpaired) electrons. The Hall–Kier alpha value is -3.52. The number of rotatable bonds is 1. The van der Waals surface area contributed by atoms with Gasteiger partial charge in [-0.3, -0.25) is 9.97 Å². The predicted octanol–water partition coefficient (Wildman–Crippen LogP) is 8.73. The van der Waals surface area contributed by atoms with Crippen molar-refractivity contribution >= 4 is 21.5 Å². The summed E-state index contributed by atoms with van der Waals surface area (Å²) in [7, 11) is 0. The fourth-order valence-electron chi connectivity index (χ4n) is 4.33. The smallest absolute Gasteiger partial charge is 0.0886 e. The van der Waals surface area contributed by atoms with E-state index in [1.165, 1.54) is 32.7 Å². The van der Waals surface area contributed by atoms with E-state index >= 15 is 0 Å². The molecule has 0 fully saturated rings. The van der Waals surface area contributed by atoms with Crippen molar-refractivity contribution in [2.75, 3.05) is 0 Å². The number of hydrogen-bond donors (Lipinski definition) is 0. The molecule has 2 heterocycles. The summed E-state index contributed by atoms with van der Waals surface area (Å²) < 4.78 is 0. The normalized spacial score (nSPS) is 11.8. The third kappa shape index (κ3) is 5.17. The number of hydrogen-bond acceptors (Lipinski definition) is 2. The summed E-state index contributed by atoms with van der Waals surface area (Å²) in [6.45, 7) is 13.4. The van der Waals surface area contributed by atoms with Gasteiger partial charge in [-0.25, -0.2) is 0 Å². The van der Waals surface area contributed by atoms with Crippen molar-refractivity contribution in [3.8, 4) is 11.4 Å². The molecule has 2 aromatic heterocycles. The van der Waals surface area contributed by atoms with Crippen molar-refractivity contribution < 1.29 is 0 Å². The van der Waals surface area contributed by atoms with Gasteiger partial charge in [0, 0.05) is 12.4 Å². The molecule has 0 aliphatic heterocycles. The molecule has 0 spiro atoms. The molecule has 34 heavy (non-hydrogen) atoms. The minimum Gasteiger partial charge on any atom is -0.255 e. The molecule has 5 rings (SSSR count). The third-order valence-electron chi connectivity index (χ3n) is 6.08. The Labute approximate surface area is 203 Å². The van der Waals surface area contributed by atoms with E-state index in [4.69, 9.17) is 0 Å². The summed E-state index contributed by atoms with van der Waals surface area (Å²) in [4.78, 5) is 8.73. The Morgan fingerprint density at radius 3 is 1.56 bits per heavy atom. The Kier molecular flexibility index (Phi) is 6.52. The molecular formula is C32H34N2. The van der Waals surface area contributed by atoms with Crippen LogP contribution < -0.4 is 0 Å². The summed E-state index contributed by atoms with van der Waals surface area (Å²) >= 11 is 0. The highest BCUT2D eigenvalue weighted by Crippen LogP contribution is 2.36. The van der Waals surface area contributed by atoms with Crippen LogP contribution in [0.2, 0.25) is 0 Å². The van der Waals surface area contributed by atoms with Crippen molar-refractivity contribution in [3.05, 3.63) is 108 Å². The zero-order valence-electron chi connectivity index (χ0n) is 21.1. The van der Waals surface area contributed by atoms with Crippen LogP contribution in [-0.2, 0) is 10.8 Å². The Balaban J connectivity index is 0.000000162. The van der Waals surface area contributed by atoms with E-state index in [0.29, 0.717) is 0 Å². The minimum atomic E-state index is 0.148. The zero-order chi connectivity index (χ0) is 24.3. The van der Waals surface area contributed by atoms with E-state index in [9.17, 15) is 0 Å². The van der Waals surface area contributed by atoms with Gasteiger partial charge in [0.25, 0.3) is 0 Å². The van der Waals surface area contributed by atoms with Crippen LogP contribution in [0.3, 0.4) is 0 Å². The number of nitrogens with zero attached hydrogens (tertiary/aromatic N) is 2. The van der Waals surface area contributed by atoms with Crippen LogP contribution in [0.15, 0.2) is 97.3 Å². The van der Waals surface area contributed by atoms with Crippen molar-refractivity contribution in [1.29, 1.82) is 0 Å². The van der Waals surface area contributed by atoms with Crippen molar-refractivity contribution in [2.45, 2.75) is 52.4 Å². The Morgan fingerprint density at radius 1 is 0.529 bits per heavy atom. The first kappa shape index (κ1) is 23.6. The van der Waals surface area contributed by atoms with Crippen LogP contribution in [0, 0.1) is 0 Å². The fraction of sp³-hybridized carbons (Fsp3) is 0.250. The maximum absolute atomic E-state index is 4.45. The van der Waals surface area contributed by atoms with E-state index in [0.717, 1.165) is 11.4 Å². The predicted molar refractivity (Wildman–Crippen MR) is 146 cm³/mol. The van der Waals surface area contributed by atoms with Crippen LogP contribution in [0.25, 0.3) is 32.9 Å². The highest BCUT2D eigenvalue weighted by atomic mass is 14.8. The van der Waals surface area contributed by atoms with Crippen LogP contribution in [0.5, 0.6) is 0 Å². The first-order valence-corrected chi connectivity index (χ1v) is 11.9. The second kappa shape index (κ2) is 9.38. The molecule has 0 amide bonds. The maximum Gasteiger partial charge on any atom is 0.0886 e. The molecule has 0 aliphatic rings. The number of benzene rings is 3. The quantitative estimate of drug-likeness (QED) is 0.241. The van der Waals surface area contributed by atoms with Crippen molar-refractivity contribution in [1.82, 2.24) is 9.97 Å². The molecule has 0 saturated heterocycles. The SMILES string of the molecule is CC(C)(C)c1c2ccccc2cc2ccccc12.CC(C)(C)c1ccc(-c2ccccn2)nc1. The van der Waals surface area contributed by atoms with Gasteiger partial charge in [-0.05, 0) is 67.8 Å². The maximum atomic E-state index is 4.45. The van der Waals surface area contributed by atoms with Crippen LogP contribution in [-0.4, -0.2) is 9.97 Å². The lowest BCUT2D eigenvalue weighted by atomic mass is 9.80. The summed E-state index contributed by atoms with van der Waals surface area (Å²) in [5.41, 5.74) is 4.84. The van der Waals surface area contributed by atoms with Gasteiger partial charge >= 0.3 is 0 Å². The topological polar surface area (TPSA) is 25.8 Å². The first-order chi connectivity index (χ1) is 16.1. The molecular weight excluding hydrogens is 412 g/mol. The van der Waals surface area contributed by atoms with Crippen LogP contribution in [0.4, 0.5) is 0 Å². The van der Waals surface area contributed by atoms with Gasteiger partial charge in [0.15, 0.2) is 0 Å². The largest absolute Gasteiger partial charge is 0.255 e. The molecule has 0 bridgehead atoms. The molecule has 5 aromatic rings. The van der Waals surface area contributed by atoms with E-state index < -0.39 is 0 Å². The Bertz CT molecular complexity index is 1330. The fourth-order valence-corrected chi connectivity index (χ4v) is 4.33. The lowest BCUT2D eigenvalue weighted by Gasteiger charge is -2.24. The molecule has 2 heteroatoms. The van der Waals surface area contributed by atoms with E-state index in [1.54, 1.807) is 6.20 Å². The van der Waals surface area contributed by atoms with Gasteiger partial charge < -0.3 is 0 Å². The lowest BCUT2D eigenvalue weighted by Crippen LogP contribution is -2.12. The standard InChI is InChI=1S/C18H18.C14H16N2/c1-18(2,3)17-15-10-6-4-8-13(15)12-14-9-5-7-11-16(14)17;1-14(2,3)11-7-8-13(16-10-11)12-6-4-5-9-15-12/h4-12H,1-3H3;4-10H,1-3H3. The molecule has 0 saturated carbocycles. The molecule has 172 valence electrons. The zero-order valence-corrected chi connectivity index (χ0v) is 21.1. The summed E-state index contributed by atoms with van der Waals surface area (Å²) in [6.07, 6.45) is 3.72. The van der Waals surface area contributed by atoms with E-state index in [-0.39, 0.29) is 10.8 Å². The Morgan fingerprint density at radius 2 is 1.09 bits per heavy atom. The van der Waals surface area contributed by atoms with Gasteiger partial charge in [0.2, 0.25) is 0 Å². The van der Waals surface area contributed by atoms with Gasteiger partial charge in [-0.15, -0.1) is 0 Å². The number of fused-ring (bicyclic) bond motifs is 2. The third-order valence-corrected chi connectivity index (χ3v) is 6.08. The minimum absolute atomic E-state index is 0.148.